The van der Waals surface area contributed by atoms with E-state index in [2.05, 4.69) is 4.52 Å². The van der Waals surface area contributed by atoms with Crippen molar-refractivity contribution in [1.82, 2.24) is 0 Å². The lowest BCUT2D eigenvalue weighted by molar-refractivity contribution is -0.355. The second-order valence-electron chi connectivity index (χ2n) is 1.94. The molecule has 0 aliphatic heterocycles. The van der Waals surface area contributed by atoms with Crippen LogP contribution in [0.3, 0.4) is 0 Å². The van der Waals surface area contributed by atoms with Gasteiger partial charge in [0.25, 0.3) is 0 Å². The average Bonchev–Trinajstić information content (AvgIpc) is 1.81. The van der Waals surface area contributed by atoms with E-state index in [0.717, 1.165) is 0 Å². The number of phosphoric ester groups is 1. The Hall–Kier alpha value is -0.950. The molecule has 0 unspecified atom stereocenters. The second-order valence-corrected chi connectivity index (χ2v) is 3.04. The number of hydrogen-bond acceptors (Lipinski definition) is 8. The van der Waals surface area contributed by atoms with Crippen LogP contribution in [0, 0.1) is 0 Å². The molecule has 9 heteroatoms. The first-order valence-electron chi connectivity index (χ1n) is 2.83. The van der Waals surface area contributed by atoms with Crippen molar-refractivity contribution in [3.8, 4) is 0 Å². The van der Waals surface area contributed by atoms with E-state index >= 15 is 0 Å². The lowest BCUT2D eigenvalue weighted by Gasteiger charge is -2.33. The monoisotopic (exact) mass is 210 g/mol. The molecule has 0 aromatic rings. The zero-order chi connectivity index (χ0) is 10.6. The molecule has 0 saturated heterocycles. The summed E-state index contributed by atoms with van der Waals surface area (Å²) in [6.07, 6.45) is -3.61. The topological polar surface area (TPSA) is 153 Å². The van der Waals surface area contributed by atoms with E-state index in [1.54, 1.807) is 0 Å². The molecule has 0 N–H and O–H groups in total. The molecule has 0 bridgehead atoms. The summed E-state index contributed by atoms with van der Waals surface area (Å²) in [6, 6.07) is 0. The average molecular weight is 210 g/mol. The highest BCUT2D eigenvalue weighted by atomic mass is 31.2. The van der Waals surface area contributed by atoms with Crippen molar-refractivity contribution in [3.63, 3.8) is 0 Å². The lowest BCUT2D eigenvalue weighted by Crippen LogP contribution is -2.42. The molecular formula is C4H3O8P-4. The fourth-order valence-corrected chi connectivity index (χ4v) is 0.943. The van der Waals surface area contributed by atoms with E-state index in [0.29, 0.717) is 0 Å². The van der Waals surface area contributed by atoms with Crippen LogP contribution in [0.5, 0.6) is 0 Å². The number of aliphatic carboxylic acids is 2. The molecule has 0 radical (unpaired) electrons. The smallest absolute Gasteiger partial charge is 0.107 e. The van der Waals surface area contributed by atoms with Gasteiger partial charge in [-0.15, -0.1) is 0 Å². The molecular weight excluding hydrogens is 207 g/mol. The molecule has 13 heavy (non-hydrogen) atoms. The van der Waals surface area contributed by atoms with Crippen molar-refractivity contribution in [2.24, 2.45) is 0 Å². The summed E-state index contributed by atoms with van der Waals surface area (Å²) >= 11 is 0. The first-order chi connectivity index (χ1) is 5.72. The number of rotatable bonds is 5. The molecule has 0 aliphatic carbocycles. The predicted octanol–water partition coefficient (Wildman–Crippen LogP) is -4.91. The molecule has 0 amide bonds. The third-order valence-corrected chi connectivity index (χ3v) is 1.38. The SMILES string of the molecule is O=C([O-])C[C@H](OP(=O)([O-])[O-])C(=O)[O-]. The zero-order valence-electron chi connectivity index (χ0n) is 6.00. The minimum absolute atomic E-state index is 1.27. The van der Waals surface area contributed by atoms with Crippen molar-refractivity contribution < 1.29 is 38.7 Å². The first-order valence-corrected chi connectivity index (χ1v) is 4.29. The van der Waals surface area contributed by atoms with Gasteiger partial charge in [-0.1, -0.05) is 0 Å². The van der Waals surface area contributed by atoms with E-state index < -0.39 is 32.3 Å². The first kappa shape index (κ1) is 12.0. The van der Waals surface area contributed by atoms with Gasteiger partial charge in [0.05, 0.1) is 13.8 Å². The molecule has 8 nitrogen and oxygen atoms in total. The summed E-state index contributed by atoms with van der Waals surface area (Å²) in [5, 5.41) is 19.8. The Kier molecular flexibility index (Phi) is 4.02. The maximum absolute atomic E-state index is 9.99. The molecule has 0 saturated carbocycles. The maximum atomic E-state index is 9.99. The normalized spacial score (nSPS) is 13.7. The highest BCUT2D eigenvalue weighted by Crippen LogP contribution is 2.27. The molecule has 0 fully saturated rings. The van der Waals surface area contributed by atoms with E-state index in [-0.39, 0.29) is 0 Å². The molecule has 0 aliphatic rings. The predicted molar refractivity (Wildman–Crippen MR) is 27.1 cm³/mol. The Morgan fingerprint density at radius 2 is 1.77 bits per heavy atom. The Balaban J connectivity index is 4.36. The van der Waals surface area contributed by atoms with Crippen LogP contribution in [-0.4, -0.2) is 18.0 Å². The Bertz CT molecular complexity index is 253. The molecule has 76 valence electrons. The molecule has 0 spiro atoms. The Morgan fingerprint density at radius 1 is 1.31 bits per heavy atom. The summed E-state index contributed by atoms with van der Waals surface area (Å²) in [5.74, 6) is -3.99. The van der Waals surface area contributed by atoms with Gasteiger partial charge in [0.2, 0.25) is 0 Å². The summed E-state index contributed by atoms with van der Waals surface area (Å²) < 4.78 is 13.2. The van der Waals surface area contributed by atoms with Gasteiger partial charge in [0, 0.05) is 12.4 Å². The van der Waals surface area contributed by atoms with Crippen LogP contribution in [-0.2, 0) is 18.7 Å². The van der Waals surface area contributed by atoms with Gasteiger partial charge >= 0.3 is 0 Å². The van der Waals surface area contributed by atoms with Gasteiger partial charge in [-0.05, 0) is 0 Å². The van der Waals surface area contributed by atoms with E-state index in [9.17, 15) is 34.2 Å². The number of carbonyl (C=O) groups is 2. The number of carbonyl (C=O) groups excluding carboxylic acids is 2. The minimum Gasteiger partial charge on any atom is -0.790 e. The van der Waals surface area contributed by atoms with Gasteiger partial charge in [-0.25, -0.2) is 0 Å². The second kappa shape index (κ2) is 4.33. The van der Waals surface area contributed by atoms with E-state index in [4.69, 9.17) is 0 Å². The van der Waals surface area contributed by atoms with Crippen LogP contribution in [0.2, 0.25) is 0 Å². The molecule has 0 rings (SSSR count). The fraction of sp³-hybridized carbons (Fsp3) is 0.500. The van der Waals surface area contributed by atoms with E-state index in [1.165, 1.54) is 0 Å². The van der Waals surface area contributed by atoms with E-state index in [1.807, 2.05) is 0 Å². The summed E-state index contributed by atoms with van der Waals surface area (Å²) in [5.41, 5.74) is 0. The molecule has 0 aromatic carbocycles. The maximum Gasteiger partial charge on any atom is 0.107 e. The molecule has 0 aromatic heterocycles. The number of carboxylic acids is 2. The van der Waals surface area contributed by atoms with Crippen molar-refractivity contribution in [1.29, 1.82) is 0 Å². The van der Waals surface area contributed by atoms with Crippen LogP contribution in [0.4, 0.5) is 0 Å². The minimum atomic E-state index is -5.54. The van der Waals surface area contributed by atoms with Gasteiger partial charge in [0.15, 0.2) is 0 Å². The fourth-order valence-electron chi connectivity index (χ4n) is 0.471. The van der Waals surface area contributed by atoms with Crippen LogP contribution in [0.15, 0.2) is 0 Å². The van der Waals surface area contributed by atoms with Crippen LogP contribution in [0.25, 0.3) is 0 Å². The highest BCUT2D eigenvalue weighted by molar-refractivity contribution is 7.43. The van der Waals surface area contributed by atoms with Crippen LogP contribution >= 0.6 is 7.82 Å². The third kappa shape index (κ3) is 6.23. The molecule has 1 atom stereocenters. The largest absolute Gasteiger partial charge is 0.790 e. The zero-order valence-corrected chi connectivity index (χ0v) is 6.89. The Labute approximate surface area is 72.0 Å². The summed E-state index contributed by atoms with van der Waals surface area (Å²) in [6.45, 7) is 0. The van der Waals surface area contributed by atoms with Crippen LogP contribution < -0.4 is 20.0 Å². The number of phosphoric acid groups is 1. The van der Waals surface area contributed by atoms with Gasteiger partial charge in [0.1, 0.15) is 6.10 Å². The standard InChI is InChI=1S/C4H7O8P/c5-3(6)1-2(4(7)8)12-13(9,10)11/h2H,1H2,(H,5,6)(H,7,8)(H2,9,10,11)/p-4/t2-/m0/s1. The molecule has 0 heterocycles. The summed E-state index contributed by atoms with van der Waals surface area (Å²) in [7, 11) is -5.54. The third-order valence-electron chi connectivity index (χ3n) is 0.871. The van der Waals surface area contributed by atoms with Gasteiger partial charge in [-0.2, -0.15) is 0 Å². The number of hydrogen-bond donors (Lipinski definition) is 0. The van der Waals surface area contributed by atoms with Crippen molar-refractivity contribution in [3.05, 3.63) is 0 Å². The summed E-state index contributed by atoms with van der Waals surface area (Å²) in [4.78, 5) is 39.6. The van der Waals surface area contributed by atoms with Gasteiger partial charge < -0.3 is 38.7 Å². The van der Waals surface area contributed by atoms with Crippen molar-refractivity contribution in [2.75, 3.05) is 0 Å². The number of carboxylic acid groups (broad SMARTS) is 2. The lowest BCUT2D eigenvalue weighted by atomic mass is 10.3. The van der Waals surface area contributed by atoms with Crippen LogP contribution in [0.1, 0.15) is 6.42 Å². The Morgan fingerprint density at radius 3 is 2.00 bits per heavy atom. The quantitative estimate of drug-likeness (QED) is 0.409. The van der Waals surface area contributed by atoms with Crippen molar-refractivity contribution in [2.45, 2.75) is 12.5 Å². The van der Waals surface area contributed by atoms with Gasteiger partial charge in [-0.3, -0.25) is 0 Å². The van der Waals surface area contributed by atoms with Crippen molar-refractivity contribution >= 4 is 19.8 Å². The highest BCUT2D eigenvalue weighted by Gasteiger charge is 2.12.